The summed E-state index contributed by atoms with van der Waals surface area (Å²) in [6.07, 6.45) is 0.836. The summed E-state index contributed by atoms with van der Waals surface area (Å²) < 4.78 is 5.26. The molecule has 118 valence electrons. The van der Waals surface area contributed by atoms with Gasteiger partial charge in [0.05, 0.1) is 13.2 Å². The number of carbonyl (C=O) groups is 3. The fourth-order valence-corrected chi connectivity index (χ4v) is 2.24. The molecular formula is C13H21N3O5. The van der Waals surface area contributed by atoms with E-state index in [1.54, 1.807) is 0 Å². The maximum absolute atomic E-state index is 12.3. The van der Waals surface area contributed by atoms with Gasteiger partial charge in [0, 0.05) is 12.6 Å². The molecule has 0 aromatic carbocycles. The first-order valence-corrected chi connectivity index (χ1v) is 7.06. The summed E-state index contributed by atoms with van der Waals surface area (Å²) in [7, 11) is 0. The zero-order chi connectivity index (χ0) is 15.6. The van der Waals surface area contributed by atoms with Crippen LogP contribution in [0.5, 0.6) is 0 Å². The van der Waals surface area contributed by atoms with E-state index in [0.717, 1.165) is 0 Å². The lowest BCUT2D eigenvalue weighted by atomic mass is 10.2. The largest absolute Gasteiger partial charge is 0.480 e. The molecule has 1 unspecified atom stereocenters. The number of carboxylic acids is 1. The molecule has 0 aromatic heterocycles. The third-order valence-electron chi connectivity index (χ3n) is 3.63. The maximum Gasteiger partial charge on any atom is 0.329 e. The van der Waals surface area contributed by atoms with Crippen molar-refractivity contribution in [3.63, 3.8) is 0 Å². The fourth-order valence-electron chi connectivity index (χ4n) is 2.24. The lowest BCUT2D eigenvalue weighted by molar-refractivity contribution is -0.140. The van der Waals surface area contributed by atoms with Gasteiger partial charge >= 0.3 is 12.0 Å². The van der Waals surface area contributed by atoms with Crippen molar-refractivity contribution in [1.82, 2.24) is 15.5 Å². The summed E-state index contributed by atoms with van der Waals surface area (Å²) in [4.78, 5) is 36.9. The summed E-state index contributed by atoms with van der Waals surface area (Å²) in [5, 5.41) is 14.4. The van der Waals surface area contributed by atoms with Crippen LogP contribution in [0.3, 0.4) is 0 Å². The van der Waals surface area contributed by atoms with E-state index < -0.39 is 23.6 Å². The topological polar surface area (TPSA) is 108 Å². The van der Waals surface area contributed by atoms with Crippen molar-refractivity contribution in [1.29, 1.82) is 0 Å². The Morgan fingerprint density at radius 1 is 1.33 bits per heavy atom. The number of morpholine rings is 1. The highest BCUT2D eigenvalue weighted by Crippen LogP contribution is 2.35. The molecule has 2 rings (SSSR count). The third kappa shape index (κ3) is 3.44. The van der Waals surface area contributed by atoms with Crippen molar-refractivity contribution in [2.45, 2.75) is 44.3 Å². The number of urea groups is 1. The Morgan fingerprint density at radius 2 is 2.00 bits per heavy atom. The zero-order valence-corrected chi connectivity index (χ0v) is 12.2. The van der Waals surface area contributed by atoms with E-state index in [-0.39, 0.29) is 25.1 Å². The van der Waals surface area contributed by atoms with Crippen LogP contribution in [0.15, 0.2) is 0 Å². The molecule has 3 N–H and O–H groups in total. The van der Waals surface area contributed by atoms with Crippen molar-refractivity contribution >= 4 is 17.9 Å². The number of amides is 3. The van der Waals surface area contributed by atoms with Crippen LogP contribution in [0.25, 0.3) is 0 Å². The molecule has 0 radical (unpaired) electrons. The van der Waals surface area contributed by atoms with Gasteiger partial charge in [-0.3, -0.25) is 4.79 Å². The van der Waals surface area contributed by atoms with Crippen molar-refractivity contribution in [2.75, 3.05) is 19.8 Å². The summed E-state index contributed by atoms with van der Waals surface area (Å²) >= 11 is 0. The molecule has 1 heterocycles. The van der Waals surface area contributed by atoms with Gasteiger partial charge in [0.1, 0.15) is 11.6 Å². The molecule has 1 aliphatic carbocycles. The fraction of sp³-hybridized carbons (Fsp3) is 0.769. The van der Waals surface area contributed by atoms with Gasteiger partial charge in [-0.25, -0.2) is 9.59 Å². The third-order valence-corrected chi connectivity index (χ3v) is 3.63. The lowest BCUT2D eigenvalue weighted by Crippen LogP contribution is -2.61. The van der Waals surface area contributed by atoms with Gasteiger partial charge in [0.25, 0.3) is 0 Å². The van der Waals surface area contributed by atoms with Gasteiger partial charge in [-0.2, -0.15) is 0 Å². The molecule has 21 heavy (non-hydrogen) atoms. The Hall–Kier alpha value is -1.83. The Morgan fingerprint density at radius 3 is 2.52 bits per heavy atom. The molecule has 1 atom stereocenters. The van der Waals surface area contributed by atoms with Crippen LogP contribution < -0.4 is 10.6 Å². The van der Waals surface area contributed by atoms with Gasteiger partial charge in [0.15, 0.2) is 0 Å². The number of ether oxygens (including phenoxy) is 1. The lowest BCUT2D eigenvalue weighted by Gasteiger charge is -2.35. The summed E-state index contributed by atoms with van der Waals surface area (Å²) in [5.74, 6) is -1.33. The number of aliphatic carboxylic acids is 1. The Kier molecular flexibility index (Phi) is 4.36. The van der Waals surface area contributed by atoms with E-state index in [1.165, 1.54) is 4.90 Å². The average Bonchev–Trinajstić information content (AvgIpc) is 3.19. The Labute approximate surface area is 122 Å². The van der Waals surface area contributed by atoms with Gasteiger partial charge in [-0.1, -0.05) is 0 Å². The zero-order valence-electron chi connectivity index (χ0n) is 12.2. The van der Waals surface area contributed by atoms with Crippen LogP contribution in [-0.2, 0) is 14.3 Å². The molecule has 8 nitrogen and oxygen atoms in total. The van der Waals surface area contributed by atoms with Crippen LogP contribution in [-0.4, -0.2) is 65.3 Å². The molecule has 1 saturated carbocycles. The molecule has 0 aromatic rings. The molecule has 1 saturated heterocycles. The van der Waals surface area contributed by atoms with Crippen molar-refractivity contribution in [3.8, 4) is 0 Å². The number of nitrogens with one attached hydrogen (secondary N) is 2. The Balaban J connectivity index is 2.02. The average molecular weight is 299 g/mol. The number of carboxylic acid groups (broad SMARTS) is 1. The first-order chi connectivity index (χ1) is 9.85. The first-order valence-electron chi connectivity index (χ1n) is 7.06. The molecular weight excluding hydrogens is 278 g/mol. The van der Waals surface area contributed by atoms with E-state index >= 15 is 0 Å². The van der Waals surface area contributed by atoms with Gasteiger partial charge in [-0.15, -0.1) is 0 Å². The molecule has 0 bridgehead atoms. The van der Waals surface area contributed by atoms with Gasteiger partial charge < -0.3 is 25.4 Å². The quantitative estimate of drug-likeness (QED) is 0.651. The number of nitrogens with zero attached hydrogens (tertiary/aromatic N) is 1. The standard InChI is InChI=1S/C13H21N3O5/c1-8(2)14-10(17)9-7-21-6-5-16(9)12(20)15-13(3-4-13)11(18)19/h8-9H,3-7H2,1-2H3,(H,14,17)(H,15,20)(H,18,19). The van der Waals surface area contributed by atoms with E-state index in [9.17, 15) is 14.4 Å². The normalized spacial score (nSPS) is 23.6. The second-order valence-corrected chi connectivity index (χ2v) is 5.76. The molecule has 2 aliphatic rings. The molecule has 8 heteroatoms. The number of carbonyl (C=O) groups excluding carboxylic acids is 2. The molecule has 1 aliphatic heterocycles. The minimum atomic E-state index is -1.16. The van der Waals surface area contributed by atoms with Crippen molar-refractivity contribution < 1.29 is 24.2 Å². The van der Waals surface area contributed by atoms with Crippen LogP contribution >= 0.6 is 0 Å². The maximum atomic E-state index is 12.3. The highest BCUT2D eigenvalue weighted by molar-refractivity contribution is 5.92. The van der Waals surface area contributed by atoms with Gasteiger partial charge in [0.2, 0.25) is 5.91 Å². The SMILES string of the molecule is CC(C)NC(=O)C1COCCN1C(=O)NC1(C(=O)O)CC1. The number of rotatable bonds is 4. The highest BCUT2D eigenvalue weighted by atomic mass is 16.5. The number of hydrogen-bond donors (Lipinski definition) is 3. The molecule has 2 fully saturated rings. The minimum absolute atomic E-state index is 0.0434. The predicted octanol–water partition coefficient (Wildman–Crippen LogP) is -0.461. The van der Waals surface area contributed by atoms with Crippen LogP contribution in [0.4, 0.5) is 4.79 Å². The van der Waals surface area contributed by atoms with Crippen molar-refractivity contribution in [2.24, 2.45) is 0 Å². The summed E-state index contributed by atoms with van der Waals surface area (Å²) in [5.41, 5.74) is -1.16. The van der Waals surface area contributed by atoms with Crippen LogP contribution in [0.1, 0.15) is 26.7 Å². The van der Waals surface area contributed by atoms with E-state index in [0.29, 0.717) is 19.4 Å². The Bertz CT molecular complexity index is 447. The van der Waals surface area contributed by atoms with Crippen LogP contribution in [0.2, 0.25) is 0 Å². The smallest absolute Gasteiger partial charge is 0.329 e. The van der Waals surface area contributed by atoms with Gasteiger partial charge in [-0.05, 0) is 26.7 Å². The second kappa shape index (κ2) is 5.88. The van der Waals surface area contributed by atoms with Crippen molar-refractivity contribution in [3.05, 3.63) is 0 Å². The molecule has 0 spiro atoms. The monoisotopic (exact) mass is 299 g/mol. The second-order valence-electron chi connectivity index (χ2n) is 5.76. The number of hydrogen-bond acceptors (Lipinski definition) is 4. The molecule has 3 amide bonds. The summed E-state index contributed by atoms with van der Waals surface area (Å²) in [6, 6.07) is -1.30. The van der Waals surface area contributed by atoms with E-state index in [2.05, 4.69) is 10.6 Å². The predicted molar refractivity (Wildman–Crippen MR) is 72.7 cm³/mol. The first kappa shape index (κ1) is 15.6. The summed E-state index contributed by atoms with van der Waals surface area (Å²) in [6.45, 7) is 4.37. The minimum Gasteiger partial charge on any atom is -0.480 e. The van der Waals surface area contributed by atoms with E-state index in [4.69, 9.17) is 9.84 Å². The van der Waals surface area contributed by atoms with E-state index in [1.807, 2.05) is 13.8 Å². The highest BCUT2D eigenvalue weighted by Gasteiger charge is 2.52. The van der Waals surface area contributed by atoms with Crippen LogP contribution in [0, 0.1) is 0 Å².